The molecule has 0 radical (unpaired) electrons. The minimum absolute atomic E-state index is 0.0342. The molecule has 7 heteroatoms. The predicted molar refractivity (Wildman–Crippen MR) is 83.1 cm³/mol. The summed E-state index contributed by atoms with van der Waals surface area (Å²) in [5.74, 6) is 5.76. The van der Waals surface area contributed by atoms with E-state index in [0.29, 0.717) is 5.75 Å². The van der Waals surface area contributed by atoms with Gasteiger partial charge in [0.25, 0.3) is 0 Å². The van der Waals surface area contributed by atoms with Gasteiger partial charge in [0.05, 0.1) is 4.90 Å². The van der Waals surface area contributed by atoms with Crippen LogP contribution in [0.15, 0.2) is 23.1 Å². The van der Waals surface area contributed by atoms with Gasteiger partial charge in [-0.2, -0.15) is 11.8 Å². The van der Waals surface area contributed by atoms with Crippen LogP contribution in [0.5, 0.6) is 0 Å². The van der Waals surface area contributed by atoms with Crippen molar-refractivity contribution in [3.05, 3.63) is 29.6 Å². The van der Waals surface area contributed by atoms with Crippen molar-refractivity contribution in [2.24, 2.45) is 0 Å². The van der Waals surface area contributed by atoms with E-state index >= 15 is 0 Å². The fraction of sp³-hybridized carbons (Fsp3) is 0.429. The molecule has 1 rings (SSSR count). The van der Waals surface area contributed by atoms with E-state index in [-0.39, 0.29) is 16.5 Å². The topological polar surface area (TPSA) is 66.4 Å². The molecular weight excluding hydrogens is 313 g/mol. The van der Waals surface area contributed by atoms with Crippen LogP contribution in [0.25, 0.3) is 0 Å². The Morgan fingerprint density at radius 2 is 2.19 bits per heavy atom. The number of aliphatic hydroxyl groups is 1. The molecule has 1 unspecified atom stereocenters. The number of benzene rings is 1. The largest absolute Gasteiger partial charge is 0.384 e. The SMILES string of the molecule is CCSCC(C)NS(=O)(=O)c1ccc(F)cc1C#CCO. The fourth-order valence-electron chi connectivity index (χ4n) is 1.63. The van der Waals surface area contributed by atoms with Crippen molar-refractivity contribution in [2.45, 2.75) is 24.8 Å². The number of thioether (sulfide) groups is 1. The first-order chi connectivity index (χ1) is 9.90. The second kappa shape index (κ2) is 8.39. The minimum atomic E-state index is -3.78. The van der Waals surface area contributed by atoms with E-state index in [2.05, 4.69) is 16.6 Å². The summed E-state index contributed by atoms with van der Waals surface area (Å²) in [7, 11) is -3.78. The van der Waals surface area contributed by atoms with Crippen LogP contribution in [0.2, 0.25) is 0 Å². The maximum Gasteiger partial charge on any atom is 0.242 e. The van der Waals surface area contributed by atoms with Gasteiger partial charge in [0, 0.05) is 17.4 Å². The van der Waals surface area contributed by atoms with E-state index in [0.717, 1.165) is 17.9 Å². The maximum absolute atomic E-state index is 13.2. The lowest BCUT2D eigenvalue weighted by molar-refractivity contribution is 0.350. The Balaban J connectivity index is 3.07. The molecule has 2 N–H and O–H groups in total. The monoisotopic (exact) mass is 331 g/mol. The molecule has 0 saturated heterocycles. The van der Waals surface area contributed by atoms with Crippen molar-refractivity contribution < 1.29 is 17.9 Å². The van der Waals surface area contributed by atoms with Gasteiger partial charge >= 0.3 is 0 Å². The molecule has 0 amide bonds. The third-order valence-corrected chi connectivity index (χ3v) is 5.25. The highest BCUT2D eigenvalue weighted by Gasteiger charge is 2.20. The Hall–Kier alpha value is -1.07. The van der Waals surface area contributed by atoms with Gasteiger partial charge in [-0.05, 0) is 30.9 Å². The van der Waals surface area contributed by atoms with Crippen molar-refractivity contribution in [3.63, 3.8) is 0 Å². The zero-order chi connectivity index (χ0) is 15.9. The Bertz CT molecular complexity index is 635. The molecule has 1 aromatic carbocycles. The predicted octanol–water partition coefficient (Wildman–Crippen LogP) is 1.59. The van der Waals surface area contributed by atoms with Crippen molar-refractivity contribution >= 4 is 21.8 Å². The third kappa shape index (κ3) is 5.67. The van der Waals surface area contributed by atoms with Gasteiger partial charge in [0.1, 0.15) is 12.4 Å². The number of nitrogens with one attached hydrogen (secondary N) is 1. The van der Waals surface area contributed by atoms with Crippen LogP contribution < -0.4 is 4.72 Å². The van der Waals surface area contributed by atoms with Gasteiger partial charge in [-0.25, -0.2) is 17.5 Å². The number of aliphatic hydroxyl groups excluding tert-OH is 1. The molecule has 0 heterocycles. The van der Waals surface area contributed by atoms with E-state index in [1.165, 1.54) is 6.07 Å². The molecule has 1 aromatic rings. The second-order valence-electron chi connectivity index (χ2n) is 4.28. The van der Waals surface area contributed by atoms with E-state index in [9.17, 15) is 12.8 Å². The number of rotatable bonds is 6. The molecule has 0 aliphatic heterocycles. The van der Waals surface area contributed by atoms with E-state index < -0.39 is 22.4 Å². The third-order valence-electron chi connectivity index (χ3n) is 2.46. The van der Waals surface area contributed by atoms with Crippen LogP contribution in [-0.2, 0) is 10.0 Å². The molecule has 0 bridgehead atoms. The molecular formula is C14H18FNO3S2. The Morgan fingerprint density at radius 1 is 1.48 bits per heavy atom. The normalized spacial score (nSPS) is 12.6. The van der Waals surface area contributed by atoms with Gasteiger partial charge in [-0.3, -0.25) is 0 Å². The number of sulfonamides is 1. The Kier molecular flexibility index (Phi) is 7.18. The first kappa shape index (κ1) is 18.0. The number of hydrogen-bond acceptors (Lipinski definition) is 4. The van der Waals surface area contributed by atoms with Crippen molar-refractivity contribution in [3.8, 4) is 11.8 Å². The number of hydrogen-bond donors (Lipinski definition) is 2. The smallest absolute Gasteiger partial charge is 0.242 e. The van der Waals surface area contributed by atoms with Gasteiger partial charge in [0.15, 0.2) is 0 Å². The second-order valence-corrected chi connectivity index (χ2v) is 7.28. The zero-order valence-electron chi connectivity index (χ0n) is 11.9. The summed E-state index contributed by atoms with van der Waals surface area (Å²) in [6.07, 6.45) is 0. The summed E-state index contributed by atoms with van der Waals surface area (Å²) < 4.78 is 40.4. The van der Waals surface area contributed by atoms with Crippen LogP contribution in [0.3, 0.4) is 0 Å². The molecule has 1 atom stereocenters. The quantitative estimate of drug-likeness (QED) is 0.777. The van der Waals surface area contributed by atoms with Crippen molar-refractivity contribution in [1.29, 1.82) is 0 Å². The summed E-state index contributed by atoms with van der Waals surface area (Å²) in [5, 5.41) is 8.70. The maximum atomic E-state index is 13.2. The highest BCUT2D eigenvalue weighted by Crippen LogP contribution is 2.17. The molecule has 4 nitrogen and oxygen atoms in total. The molecule has 0 fully saturated rings. The first-order valence-electron chi connectivity index (χ1n) is 6.40. The molecule has 0 aliphatic rings. The molecule has 0 spiro atoms. The summed E-state index contributed by atoms with van der Waals surface area (Å²) in [5.41, 5.74) is 0.0342. The summed E-state index contributed by atoms with van der Waals surface area (Å²) in [4.78, 5) is -0.0850. The van der Waals surface area contributed by atoms with Crippen LogP contribution in [0.1, 0.15) is 19.4 Å². The average molecular weight is 331 g/mol. The highest BCUT2D eigenvalue weighted by atomic mass is 32.2. The lowest BCUT2D eigenvalue weighted by atomic mass is 10.2. The Labute approximate surface area is 129 Å². The van der Waals surface area contributed by atoms with Crippen LogP contribution in [-0.4, -0.2) is 37.7 Å². The minimum Gasteiger partial charge on any atom is -0.384 e. The van der Waals surface area contributed by atoms with Crippen LogP contribution in [0.4, 0.5) is 4.39 Å². The summed E-state index contributed by atoms with van der Waals surface area (Å²) in [6.45, 7) is 3.34. The van der Waals surface area contributed by atoms with Gasteiger partial charge in [-0.1, -0.05) is 18.8 Å². The van der Waals surface area contributed by atoms with Gasteiger partial charge in [0.2, 0.25) is 10.0 Å². The zero-order valence-corrected chi connectivity index (χ0v) is 13.5. The standard InChI is InChI=1S/C14H18FNO3S2/c1-3-20-10-11(2)16-21(18,19)14-7-6-13(15)9-12(14)5-4-8-17/h6-7,9,11,16-17H,3,8,10H2,1-2H3. The van der Waals surface area contributed by atoms with Crippen LogP contribution >= 0.6 is 11.8 Å². The van der Waals surface area contributed by atoms with E-state index in [1.54, 1.807) is 18.7 Å². The lowest BCUT2D eigenvalue weighted by Gasteiger charge is -2.14. The molecule has 116 valence electrons. The summed E-state index contributed by atoms with van der Waals surface area (Å²) >= 11 is 1.62. The molecule has 0 aliphatic carbocycles. The average Bonchev–Trinajstić information content (AvgIpc) is 2.42. The van der Waals surface area contributed by atoms with Crippen LogP contribution in [0, 0.1) is 17.7 Å². The van der Waals surface area contributed by atoms with Crippen molar-refractivity contribution in [1.82, 2.24) is 4.72 Å². The van der Waals surface area contributed by atoms with E-state index in [1.807, 2.05) is 6.92 Å². The molecule has 21 heavy (non-hydrogen) atoms. The lowest BCUT2D eigenvalue weighted by Crippen LogP contribution is -2.34. The first-order valence-corrected chi connectivity index (χ1v) is 9.03. The molecule has 0 saturated carbocycles. The van der Waals surface area contributed by atoms with Gasteiger partial charge < -0.3 is 5.11 Å². The van der Waals surface area contributed by atoms with Gasteiger partial charge in [-0.15, -0.1) is 0 Å². The molecule has 0 aromatic heterocycles. The highest BCUT2D eigenvalue weighted by molar-refractivity contribution is 7.99. The fourth-order valence-corrected chi connectivity index (χ4v) is 3.79. The van der Waals surface area contributed by atoms with Crippen molar-refractivity contribution in [2.75, 3.05) is 18.1 Å². The van der Waals surface area contributed by atoms with E-state index in [4.69, 9.17) is 5.11 Å². The Morgan fingerprint density at radius 3 is 2.81 bits per heavy atom. The number of halogens is 1. The summed E-state index contributed by atoms with van der Waals surface area (Å²) in [6, 6.07) is 3.05.